The van der Waals surface area contributed by atoms with Gasteiger partial charge in [-0.2, -0.15) is 70.1 Å². The van der Waals surface area contributed by atoms with Gasteiger partial charge in [-0.15, -0.1) is 119 Å². The summed E-state index contributed by atoms with van der Waals surface area (Å²) in [4.78, 5) is 0. The van der Waals surface area contributed by atoms with E-state index in [1.165, 1.54) is 68.8 Å². The van der Waals surface area contributed by atoms with Gasteiger partial charge in [0.15, 0.2) is 0 Å². The third kappa shape index (κ3) is 16.6. The molecule has 8 rings (SSSR count). The van der Waals surface area contributed by atoms with Gasteiger partial charge in [-0.05, 0) is 0 Å². The van der Waals surface area contributed by atoms with Crippen LogP contribution in [0.4, 0.5) is 0 Å². The number of halogens is 2. The van der Waals surface area contributed by atoms with Gasteiger partial charge >= 0.3 is 108 Å². The Balaban J connectivity index is 0.000000301. The van der Waals surface area contributed by atoms with Gasteiger partial charge in [-0.25, -0.2) is 0 Å². The molecule has 0 atom stereocenters. The van der Waals surface area contributed by atoms with E-state index in [0.717, 1.165) is 0 Å². The maximum Gasteiger partial charge on any atom is -0.0809 e. The molecule has 0 amide bonds. The minimum atomic E-state index is 0. The van der Waals surface area contributed by atoms with Crippen molar-refractivity contribution >= 4 is 49.5 Å². The van der Waals surface area contributed by atoms with Crippen LogP contribution in [0.1, 0.15) is 53.4 Å². The van der Waals surface area contributed by atoms with E-state index in [0.29, 0.717) is 0 Å². The van der Waals surface area contributed by atoms with Crippen LogP contribution < -0.4 is 24.8 Å². The van der Waals surface area contributed by atoms with Crippen LogP contribution in [0.25, 0.3) is 43.1 Å². The molecule has 0 aromatic heterocycles. The fraction of sp³-hybridized carbons (Fsp3) is 0.174. The second-order valence-electron chi connectivity index (χ2n) is 11.2. The van der Waals surface area contributed by atoms with E-state index in [2.05, 4.69) is 198 Å². The summed E-state index contributed by atoms with van der Waals surface area (Å²) in [7, 11) is 0. The Morgan fingerprint density at radius 1 is 0.360 bits per heavy atom. The van der Waals surface area contributed by atoms with Crippen LogP contribution in [0.2, 0.25) is 0 Å². The molecule has 256 valence electrons. The Labute approximate surface area is 342 Å². The van der Waals surface area contributed by atoms with Crippen LogP contribution in [-0.4, -0.2) is 6.41 Å². The molecule has 0 unspecified atom stereocenters. The summed E-state index contributed by atoms with van der Waals surface area (Å²) in [6.07, 6.45) is 5.15. The molecule has 0 heterocycles. The first-order valence-corrected chi connectivity index (χ1v) is 19.5. The second-order valence-corrected chi connectivity index (χ2v) is 14.7. The molecule has 8 aromatic rings. The normalized spacial score (nSPS) is 9.44. The van der Waals surface area contributed by atoms with Gasteiger partial charge < -0.3 is 24.8 Å². The van der Waals surface area contributed by atoms with E-state index in [1.54, 1.807) is 54.9 Å². The van der Waals surface area contributed by atoms with Crippen LogP contribution in [-0.2, 0) is 48.5 Å². The molecular formula is C46H48Cl2Zr2-2. The van der Waals surface area contributed by atoms with E-state index in [-0.39, 0.29) is 24.8 Å². The molecule has 0 nitrogen and oxygen atoms in total. The molecule has 0 N–H and O–H groups in total. The third-order valence-corrected chi connectivity index (χ3v) is 11.4. The van der Waals surface area contributed by atoms with Crippen molar-refractivity contribution < 1.29 is 73.3 Å². The number of fused-ring (bicyclic) bond motifs is 4. The molecular weight excluding hydrogens is 806 g/mol. The minimum absolute atomic E-state index is 0. The monoisotopic (exact) mass is 850 g/mol. The van der Waals surface area contributed by atoms with Gasteiger partial charge in [0.25, 0.3) is 0 Å². The average molecular weight is 854 g/mol. The van der Waals surface area contributed by atoms with Crippen molar-refractivity contribution in [3.8, 4) is 0 Å². The Kier molecular flexibility index (Phi) is 24.6. The zero-order valence-electron chi connectivity index (χ0n) is 29.8. The second kappa shape index (κ2) is 27.1. The molecule has 4 heteroatoms. The van der Waals surface area contributed by atoms with Crippen molar-refractivity contribution in [2.45, 2.75) is 53.4 Å². The zero-order valence-corrected chi connectivity index (χ0v) is 36.2. The van der Waals surface area contributed by atoms with E-state index in [9.17, 15) is 0 Å². The minimum Gasteiger partial charge on any atom is -1.00 e. The molecule has 0 bridgehead atoms. The molecule has 0 saturated carbocycles. The van der Waals surface area contributed by atoms with Crippen molar-refractivity contribution in [3.63, 3.8) is 0 Å². The first-order chi connectivity index (χ1) is 23.5. The van der Waals surface area contributed by atoms with Crippen LogP contribution in [0.5, 0.6) is 0 Å². The van der Waals surface area contributed by atoms with Crippen molar-refractivity contribution in [1.29, 1.82) is 0 Å². The fourth-order valence-corrected chi connectivity index (χ4v) is 4.78. The van der Waals surface area contributed by atoms with Gasteiger partial charge in [0.1, 0.15) is 0 Å². The van der Waals surface area contributed by atoms with E-state index >= 15 is 0 Å². The quantitative estimate of drug-likeness (QED) is 0.163. The van der Waals surface area contributed by atoms with E-state index in [4.69, 9.17) is 0 Å². The van der Waals surface area contributed by atoms with E-state index < -0.39 is 0 Å². The molecule has 0 aliphatic carbocycles. The summed E-state index contributed by atoms with van der Waals surface area (Å²) < 4.78 is 3.37. The van der Waals surface area contributed by atoms with Gasteiger partial charge in [-0.3, -0.25) is 0 Å². The first kappa shape index (κ1) is 45.4. The zero-order chi connectivity index (χ0) is 34.4. The number of hydrogen-bond acceptors (Lipinski definition) is 0. The number of benzene rings is 4. The van der Waals surface area contributed by atoms with Crippen LogP contribution in [0.15, 0.2) is 170 Å². The summed E-state index contributed by atoms with van der Waals surface area (Å²) >= 11 is 3.24. The molecule has 0 saturated heterocycles. The average Bonchev–Trinajstić information content (AvgIpc) is 3.99. The summed E-state index contributed by atoms with van der Waals surface area (Å²) in [5.74, 6) is 0. The molecule has 0 radical (unpaired) electrons. The Hall–Kier alpha value is -2.59. The van der Waals surface area contributed by atoms with Crippen LogP contribution in [0, 0.1) is 0 Å². The smallest absolute Gasteiger partial charge is 0.0809 e. The van der Waals surface area contributed by atoms with Crippen molar-refractivity contribution in [1.82, 2.24) is 0 Å². The summed E-state index contributed by atoms with van der Waals surface area (Å²) in [5.41, 5.74) is 0. The fourth-order valence-electron chi connectivity index (χ4n) is 4.78. The summed E-state index contributed by atoms with van der Waals surface area (Å²) in [6, 6.07) is 58.7. The number of hydrogen-bond donors (Lipinski definition) is 0. The van der Waals surface area contributed by atoms with Crippen molar-refractivity contribution in [2.24, 2.45) is 0 Å². The third-order valence-electron chi connectivity index (χ3n) is 7.90. The maximum atomic E-state index is 2.22. The summed E-state index contributed by atoms with van der Waals surface area (Å²) in [6.45, 7) is 8.86. The Morgan fingerprint density at radius 3 is 0.720 bits per heavy atom. The largest absolute Gasteiger partial charge is 1.00 e. The predicted molar refractivity (Wildman–Crippen MR) is 209 cm³/mol. The van der Waals surface area contributed by atoms with E-state index in [1.807, 2.05) is 0 Å². The van der Waals surface area contributed by atoms with Gasteiger partial charge in [0.2, 0.25) is 0 Å². The molecule has 0 aliphatic heterocycles. The van der Waals surface area contributed by atoms with Gasteiger partial charge in [0.05, 0.1) is 0 Å². The molecule has 50 heavy (non-hydrogen) atoms. The first-order valence-electron chi connectivity index (χ1n) is 17.0. The predicted octanol–water partition coefficient (Wildman–Crippen LogP) is 7.29. The topological polar surface area (TPSA) is 0 Å². The maximum absolute atomic E-state index is 2.22. The van der Waals surface area contributed by atoms with Gasteiger partial charge in [-0.1, -0.05) is 24.3 Å². The van der Waals surface area contributed by atoms with Crippen LogP contribution >= 0.6 is 0 Å². The molecule has 0 fully saturated rings. The standard InChI is InChI=1S/4C9H7.2C5H10.2ClH.2Zr/c4*1-2-5-9-7-3-6-8(9)4-1;2*1-3-5-4-2;;;;/h4*1-7H;2*3-4H2,1-2H3;2*1H;;/q4*-1;;;;;2*+2/p-2. The van der Waals surface area contributed by atoms with Crippen molar-refractivity contribution in [3.05, 3.63) is 170 Å². The molecule has 0 spiro atoms. The Morgan fingerprint density at radius 2 is 0.560 bits per heavy atom. The van der Waals surface area contributed by atoms with Gasteiger partial charge in [0, 0.05) is 0 Å². The molecule has 0 aliphatic rings. The SMILES string of the molecule is CC[C](=[Zr+2])CC.CC[C](=[Zr+2])CC.[Cl-].[Cl-].c1ccc2[cH-]ccc2c1.c1ccc2[cH-]ccc2c1.c1ccc2[cH-]ccc2c1.c1ccc2[cH-]ccc2c1. The Bertz CT molecular complexity index is 1620. The van der Waals surface area contributed by atoms with Crippen LogP contribution in [0.3, 0.4) is 0 Å². The summed E-state index contributed by atoms with van der Waals surface area (Å²) in [5, 5.41) is 10.6. The molecule has 8 aromatic carbocycles. The number of rotatable bonds is 4. The van der Waals surface area contributed by atoms with Crippen molar-refractivity contribution in [2.75, 3.05) is 0 Å².